The van der Waals surface area contributed by atoms with Gasteiger partial charge in [-0.25, -0.2) is 9.59 Å². The molecule has 0 aliphatic carbocycles. The second kappa shape index (κ2) is 9.79. The van der Waals surface area contributed by atoms with Crippen LogP contribution in [0.4, 0.5) is 0 Å². The maximum atomic E-state index is 12.0. The molecule has 1 aromatic carbocycles. The highest BCUT2D eigenvalue weighted by molar-refractivity contribution is 6.03. The topological polar surface area (TPSA) is 52.6 Å². The Labute approximate surface area is 142 Å². The van der Waals surface area contributed by atoms with Crippen LogP contribution in [0.1, 0.15) is 48.4 Å². The number of carbonyl (C=O) groups is 2. The van der Waals surface area contributed by atoms with E-state index in [1.807, 2.05) is 27.7 Å². The zero-order valence-corrected chi connectivity index (χ0v) is 12.5. The lowest BCUT2D eigenvalue weighted by Gasteiger charge is -2.11. The van der Waals surface area contributed by atoms with Crippen molar-refractivity contribution < 1.29 is 19.1 Å². The van der Waals surface area contributed by atoms with Crippen LogP contribution in [0.2, 0.25) is 0 Å². The Bertz CT molecular complexity index is 426. The van der Waals surface area contributed by atoms with Crippen molar-refractivity contribution in [1.82, 2.24) is 0 Å². The molecule has 0 spiro atoms. The minimum atomic E-state index is -0.490. The van der Waals surface area contributed by atoms with E-state index in [0.29, 0.717) is 13.2 Å². The van der Waals surface area contributed by atoms with Crippen LogP contribution < -0.4 is 0 Å². The first-order chi connectivity index (χ1) is 9.41. The average Bonchev–Trinajstić information content (AvgIpc) is 2.42. The van der Waals surface area contributed by atoms with Crippen LogP contribution in [0.5, 0.6) is 0 Å². The Balaban J connectivity index is 0.00000400. The van der Waals surface area contributed by atoms with Crippen molar-refractivity contribution in [1.29, 1.82) is 0 Å². The van der Waals surface area contributed by atoms with Crippen LogP contribution in [0.3, 0.4) is 0 Å². The highest BCUT2D eigenvalue weighted by Crippen LogP contribution is 2.13. The Morgan fingerprint density at radius 3 is 1.48 bits per heavy atom. The van der Waals surface area contributed by atoms with Crippen molar-refractivity contribution in [2.75, 3.05) is 13.2 Å². The molecule has 4 nitrogen and oxygen atoms in total. The minimum Gasteiger partial charge on any atom is -0.462 e. The molecule has 0 unspecified atom stereocenters. The molecule has 0 aliphatic heterocycles. The number of rotatable bonds is 6. The lowest BCUT2D eigenvalue weighted by Crippen LogP contribution is -2.17. The molecule has 0 heterocycles. The van der Waals surface area contributed by atoms with E-state index in [4.69, 9.17) is 9.47 Å². The zero-order valence-electron chi connectivity index (χ0n) is 12.5. The second-order valence-corrected chi connectivity index (χ2v) is 5.53. The Morgan fingerprint density at radius 2 is 1.19 bits per heavy atom. The molecule has 0 N–H and O–H groups in total. The summed E-state index contributed by atoms with van der Waals surface area (Å²) in [4.78, 5) is 24.0. The molecule has 1 aromatic rings. The van der Waals surface area contributed by atoms with Crippen LogP contribution in [-0.2, 0) is 9.47 Å². The van der Waals surface area contributed by atoms with E-state index in [2.05, 4.69) is 0 Å². The number of esters is 2. The first-order valence-corrected chi connectivity index (χ1v) is 6.85. The fraction of sp³-hybridized carbons (Fsp3) is 0.500. The summed E-state index contributed by atoms with van der Waals surface area (Å²) in [7, 11) is 0. The van der Waals surface area contributed by atoms with E-state index in [1.165, 1.54) is 0 Å². The summed E-state index contributed by atoms with van der Waals surface area (Å²) in [5.41, 5.74) is 0.504. The quantitative estimate of drug-likeness (QED) is 0.598. The van der Waals surface area contributed by atoms with Crippen LogP contribution in [0.15, 0.2) is 24.3 Å². The van der Waals surface area contributed by atoms with Gasteiger partial charge in [-0.05, 0) is 24.0 Å². The Morgan fingerprint density at radius 1 is 0.857 bits per heavy atom. The van der Waals surface area contributed by atoms with Gasteiger partial charge in [0.25, 0.3) is 0 Å². The largest absolute Gasteiger partial charge is 0.462 e. The van der Waals surface area contributed by atoms with E-state index >= 15 is 0 Å². The van der Waals surface area contributed by atoms with Gasteiger partial charge < -0.3 is 9.47 Å². The Kier molecular flexibility index (Phi) is 9.29. The molecule has 0 aliphatic rings. The van der Waals surface area contributed by atoms with Crippen molar-refractivity contribution in [3.63, 3.8) is 0 Å². The maximum Gasteiger partial charge on any atom is 0.339 e. The Hall–Kier alpha value is -1.07. The summed E-state index contributed by atoms with van der Waals surface area (Å²) < 4.78 is 10.3. The monoisotopic (exact) mass is 304 g/mol. The molecule has 0 atom stereocenters. The molecule has 0 radical (unpaired) electrons. The third-order valence-corrected chi connectivity index (χ3v) is 2.46. The summed E-state index contributed by atoms with van der Waals surface area (Å²) >= 11 is 0. The van der Waals surface area contributed by atoms with Crippen molar-refractivity contribution in [2.24, 2.45) is 11.8 Å². The van der Waals surface area contributed by atoms with Crippen LogP contribution in [-0.4, -0.2) is 48.2 Å². The predicted octanol–water partition coefficient (Wildman–Crippen LogP) is 2.40. The molecular formula is C16H24MgO4. The highest BCUT2D eigenvalue weighted by Gasteiger charge is 2.19. The summed E-state index contributed by atoms with van der Waals surface area (Å²) in [5, 5.41) is 0. The third kappa shape index (κ3) is 6.95. The van der Waals surface area contributed by atoms with E-state index < -0.39 is 11.9 Å². The van der Waals surface area contributed by atoms with E-state index in [-0.39, 0.29) is 46.0 Å². The smallest absolute Gasteiger partial charge is 0.339 e. The van der Waals surface area contributed by atoms with Gasteiger partial charge in [-0.15, -0.1) is 0 Å². The molecule has 0 amide bonds. The molecule has 0 bridgehead atoms. The fourth-order valence-electron chi connectivity index (χ4n) is 1.48. The average molecular weight is 305 g/mol. The normalized spacial score (nSPS) is 10.2. The van der Waals surface area contributed by atoms with Crippen LogP contribution in [0, 0.1) is 11.8 Å². The van der Waals surface area contributed by atoms with Gasteiger partial charge in [0.1, 0.15) is 0 Å². The minimum absolute atomic E-state index is 0. The van der Waals surface area contributed by atoms with E-state index in [9.17, 15) is 9.59 Å². The van der Waals surface area contributed by atoms with Gasteiger partial charge in [-0.2, -0.15) is 0 Å². The van der Waals surface area contributed by atoms with Crippen LogP contribution >= 0.6 is 0 Å². The molecule has 0 saturated carbocycles. The SMILES string of the molecule is CC(C)COC(=O)c1ccccc1C(=O)OCC(C)C.[MgH2]. The number of hydrogen-bond acceptors (Lipinski definition) is 4. The van der Waals surface area contributed by atoms with Gasteiger partial charge in [-0.3, -0.25) is 0 Å². The summed E-state index contributed by atoms with van der Waals surface area (Å²) in [6, 6.07) is 6.56. The highest BCUT2D eigenvalue weighted by atomic mass is 24.3. The molecular weight excluding hydrogens is 280 g/mol. The first kappa shape index (κ1) is 19.9. The van der Waals surface area contributed by atoms with Crippen LogP contribution in [0.25, 0.3) is 0 Å². The summed E-state index contributed by atoms with van der Waals surface area (Å²) in [6.07, 6.45) is 0. The first-order valence-electron chi connectivity index (χ1n) is 6.85. The molecule has 5 heteroatoms. The zero-order chi connectivity index (χ0) is 15.1. The maximum absolute atomic E-state index is 12.0. The molecule has 0 aromatic heterocycles. The van der Waals surface area contributed by atoms with E-state index in [1.54, 1.807) is 24.3 Å². The lowest BCUT2D eigenvalue weighted by atomic mass is 10.1. The van der Waals surface area contributed by atoms with Crippen molar-refractivity contribution in [3.05, 3.63) is 35.4 Å². The third-order valence-electron chi connectivity index (χ3n) is 2.46. The predicted molar refractivity (Wildman–Crippen MR) is 85.2 cm³/mol. The fourth-order valence-corrected chi connectivity index (χ4v) is 1.48. The summed E-state index contributed by atoms with van der Waals surface area (Å²) in [6.45, 7) is 8.47. The second-order valence-electron chi connectivity index (χ2n) is 5.53. The number of hydrogen-bond donors (Lipinski definition) is 0. The van der Waals surface area contributed by atoms with Gasteiger partial charge in [-0.1, -0.05) is 39.8 Å². The number of ether oxygens (including phenoxy) is 2. The number of benzene rings is 1. The molecule has 114 valence electrons. The van der Waals surface area contributed by atoms with Gasteiger partial charge in [0.05, 0.1) is 24.3 Å². The van der Waals surface area contributed by atoms with E-state index in [0.717, 1.165) is 0 Å². The molecule has 1 rings (SSSR count). The van der Waals surface area contributed by atoms with Gasteiger partial charge in [0.15, 0.2) is 0 Å². The molecule has 0 fully saturated rings. The van der Waals surface area contributed by atoms with Gasteiger partial charge >= 0.3 is 35.0 Å². The van der Waals surface area contributed by atoms with Gasteiger partial charge in [0.2, 0.25) is 0 Å². The van der Waals surface area contributed by atoms with Crippen molar-refractivity contribution >= 4 is 35.0 Å². The molecule has 21 heavy (non-hydrogen) atoms. The van der Waals surface area contributed by atoms with Gasteiger partial charge in [0, 0.05) is 0 Å². The molecule has 0 saturated heterocycles. The summed E-state index contributed by atoms with van der Waals surface area (Å²) in [5.74, 6) is -0.482. The lowest BCUT2D eigenvalue weighted by molar-refractivity contribution is 0.0412. The number of carbonyl (C=O) groups excluding carboxylic acids is 2. The van der Waals surface area contributed by atoms with Crippen molar-refractivity contribution in [2.45, 2.75) is 27.7 Å². The van der Waals surface area contributed by atoms with Crippen molar-refractivity contribution in [3.8, 4) is 0 Å². The standard InChI is InChI=1S/C16H22O4.Mg.2H/c1-11(2)9-19-15(17)13-7-5-6-8-14(13)16(18)20-10-12(3)4;;;/h5-8,11-12H,9-10H2,1-4H3;;;.